The number of aryl methyl sites for hydroxylation is 2. The number of nitrogens with one attached hydrogen (secondary N) is 2. The third-order valence-corrected chi connectivity index (χ3v) is 4.55. The van der Waals surface area contributed by atoms with Crippen LogP contribution in [0.2, 0.25) is 0 Å². The van der Waals surface area contributed by atoms with Crippen LogP contribution >= 0.6 is 0 Å². The summed E-state index contributed by atoms with van der Waals surface area (Å²) in [5, 5.41) is 3.14. The third-order valence-electron chi connectivity index (χ3n) is 4.55. The Balaban J connectivity index is 1.46. The zero-order valence-electron chi connectivity index (χ0n) is 12.6. The number of aromatic amines is 1. The molecule has 2 heterocycles. The molecule has 2 aromatic rings. The molecule has 1 aliphatic carbocycles. The summed E-state index contributed by atoms with van der Waals surface area (Å²) in [4.78, 5) is 20.3. The van der Waals surface area contributed by atoms with Crippen LogP contribution in [0.1, 0.15) is 35.2 Å². The van der Waals surface area contributed by atoms with E-state index in [-0.39, 0.29) is 17.9 Å². The maximum atomic E-state index is 12.6. The first kappa shape index (κ1) is 13.4. The van der Waals surface area contributed by atoms with Crippen LogP contribution in [0, 0.1) is 12.8 Å². The van der Waals surface area contributed by atoms with Gasteiger partial charge < -0.3 is 15.0 Å². The van der Waals surface area contributed by atoms with Crippen LogP contribution in [0.5, 0.6) is 5.75 Å². The number of ether oxygens (including phenoxy) is 1. The second-order valence-corrected chi connectivity index (χ2v) is 6.10. The largest absolute Gasteiger partial charge is 0.491 e. The SMILES string of the molecule is Cc1nc2c([nH]1)CC(C(=O)NC1COc3ccccc31)CC2. The van der Waals surface area contributed by atoms with Crippen LogP contribution in [0.3, 0.4) is 0 Å². The molecule has 0 bridgehead atoms. The molecule has 0 saturated heterocycles. The van der Waals surface area contributed by atoms with E-state index in [2.05, 4.69) is 15.3 Å². The number of benzene rings is 1. The standard InChI is InChI=1S/C17H19N3O2/c1-10-18-13-7-6-11(8-14(13)19-10)17(21)20-15-9-22-16-5-3-2-4-12(15)16/h2-5,11,15H,6-9H2,1H3,(H,18,19)(H,20,21). The molecule has 0 spiro atoms. The number of aromatic nitrogens is 2. The van der Waals surface area contributed by atoms with Gasteiger partial charge in [0.1, 0.15) is 18.2 Å². The van der Waals surface area contributed by atoms with E-state index in [1.54, 1.807) is 0 Å². The molecule has 2 aliphatic rings. The summed E-state index contributed by atoms with van der Waals surface area (Å²) >= 11 is 0. The van der Waals surface area contributed by atoms with Crippen LogP contribution in [-0.4, -0.2) is 22.5 Å². The lowest BCUT2D eigenvalue weighted by Crippen LogP contribution is -2.37. The summed E-state index contributed by atoms with van der Waals surface area (Å²) in [6, 6.07) is 7.86. The highest BCUT2D eigenvalue weighted by Gasteiger charge is 2.31. The molecule has 22 heavy (non-hydrogen) atoms. The summed E-state index contributed by atoms with van der Waals surface area (Å²) in [5.74, 6) is 1.94. The zero-order chi connectivity index (χ0) is 15.1. The first-order valence-electron chi connectivity index (χ1n) is 7.77. The van der Waals surface area contributed by atoms with Gasteiger partial charge in [0.25, 0.3) is 0 Å². The lowest BCUT2D eigenvalue weighted by Gasteiger charge is -2.22. The molecular weight excluding hydrogens is 278 g/mol. The van der Waals surface area contributed by atoms with Crippen molar-refractivity contribution in [2.24, 2.45) is 5.92 Å². The molecular formula is C17H19N3O2. The number of hydrogen-bond acceptors (Lipinski definition) is 3. The molecule has 1 aromatic heterocycles. The quantitative estimate of drug-likeness (QED) is 0.892. The fourth-order valence-electron chi connectivity index (χ4n) is 3.42. The Morgan fingerprint density at radius 1 is 1.41 bits per heavy atom. The third kappa shape index (κ3) is 2.26. The zero-order valence-corrected chi connectivity index (χ0v) is 12.6. The molecule has 0 radical (unpaired) electrons. The highest BCUT2D eigenvalue weighted by Crippen LogP contribution is 2.32. The van der Waals surface area contributed by atoms with Gasteiger partial charge in [-0.2, -0.15) is 0 Å². The number of imidazole rings is 1. The normalized spacial score (nSPS) is 22.6. The Morgan fingerprint density at radius 2 is 2.27 bits per heavy atom. The van der Waals surface area contributed by atoms with Crippen molar-refractivity contribution in [3.63, 3.8) is 0 Å². The van der Waals surface area contributed by atoms with Crippen molar-refractivity contribution in [3.8, 4) is 5.75 Å². The molecule has 2 unspecified atom stereocenters. The number of H-pyrrole nitrogens is 1. The lowest BCUT2D eigenvalue weighted by atomic mass is 9.89. The van der Waals surface area contributed by atoms with Gasteiger partial charge in [-0.1, -0.05) is 18.2 Å². The molecule has 1 aliphatic heterocycles. The van der Waals surface area contributed by atoms with Gasteiger partial charge in [-0.3, -0.25) is 4.79 Å². The van der Waals surface area contributed by atoms with E-state index in [9.17, 15) is 4.79 Å². The molecule has 1 aromatic carbocycles. The van der Waals surface area contributed by atoms with Crippen molar-refractivity contribution in [1.29, 1.82) is 0 Å². The van der Waals surface area contributed by atoms with E-state index in [1.165, 1.54) is 0 Å². The van der Waals surface area contributed by atoms with E-state index in [0.717, 1.165) is 47.8 Å². The van der Waals surface area contributed by atoms with Crippen LogP contribution in [0.15, 0.2) is 24.3 Å². The Kier molecular flexibility index (Phi) is 3.13. The molecule has 5 nitrogen and oxygen atoms in total. The van der Waals surface area contributed by atoms with Crippen LogP contribution in [0.25, 0.3) is 0 Å². The maximum absolute atomic E-state index is 12.6. The van der Waals surface area contributed by atoms with Gasteiger partial charge in [-0.05, 0) is 25.8 Å². The summed E-state index contributed by atoms with van der Waals surface area (Å²) in [6.07, 6.45) is 2.48. The van der Waals surface area contributed by atoms with Crippen LogP contribution in [0.4, 0.5) is 0 Å². The van der Waals surface area contributed by atoms with Gasteiger partial charge in [0, 0.05) is 23.6 Å². The molecule has 0 saturated carbocycles. The number of amides is 1. The van der Waals surface area contributed by atoms with E-state index in [0.29, 0.717) is 6.61 Å². The van der Waals surface area contributed by atoms with Crippen molar-refractivity contribution < 1.29 is 9.53 Å². The highest BCUT2D eigenvalue weighted by molar-refractivity contribution is 5.80. The molecule has 2 atom stereocenters. The average Bonchev–Trinajstić information content (AvgIpc) is 3.09. The average molecular weight is 297 g/mol. The predicted octanol–water partition coefficient (Wildman–Crippen LogP) is 2.07. The molecule has 2 N–H and O–H groups in total. The smallest absolute Gasteiger partial charge is 0.224 e. The first-order chi connectivity index (χ1) is 10.7. The van der Waals surface area contributed by atoms with Gasteiger partial charge in [0.15, 0.2) is 0 Å². The van der Waals surface area contributed by atoms with Crippen molar-refractivity contribution in [2.75, 3.05) is 6.61 Å². The van der Waals surface area contributed by atoms with Gasteiger partial charge >= 0.3 is 0 Å². The molecule has 114 valence electrons. The van der Waals surface area contributed by atoms with Gasteiger partial charge in [0.05, 0.1) is 11.7 Å². The number of rotatable bonds is 2. The summed E-state index contributed by atoms with van der Waals surface area (Å²) in [6.45, 7) is 2.48. The van der Waals surface area contributed by atoms with Gasteiger partial charge in [-0.15, -0.1) is 0 Å². The monoisotopic (exact) mass is 297 g/mol. The lowest BCUT2D eigenvalue weighted by molar-refractivity contribution is -0.126. The summed E-state index contributed by atoms with van der Waals surface area (Å²) in [5.41, 5.74) is 3.31. The van der Waals surface area contributed by atoms with E-state index < -0.39 is 0 Å². The minimum atomic E-state index is -0.0337. The Bertz CT molecular complexity index is 722. The minimum absolute atomic E-state index is 0.0140. The number of carbonyl (C=O) groups is 1. The molecule has 0 fully saturated rings. The second-order valence-electron chi connectivity index (χ2n) is 6.10. The number of fused-ring (bicyclic) bond motifs is 2. The molecule has 1 amide bonds. The van der Waals surface area contributed by atoms with Crippen molar-refractivity contribution in [2.45, 2.75) is 32.2 Å². The summed E-state index contributed by atoms with van der Waals surface area (Å²) < 4.78 is 5.63. The highest BCUT2D eigenvalue weighted by atomic mass is 16.5. The summed E-state index contributed by atoms with van der Waals surface area (Å²) in [7, 11) is 0. The fraction of sp³-hybridized carbons (Fsp3) is 0.412. The fourth-order valence-corrected chi connectivity index (χ4v) is 3.42. The van der Waals surface area contributed by atoms with Crippen molar-refractivity contribution >= 4 is 5.91 Å². The Labute approximate surface area is 129 Å². The second kappa shape index (κ2) is 5.16. The van der Waals surface area contributed by atoms with Gasteiger partial charge in [0.2, 0.25) is 5.91 Å². The van der Waals surface area contributed by atoms with Crippen molar-refractivity contribution in [1.82, 2.24) is 15.3 Å². The van der Waals surface area contributed by atoms with E-state index >= 15 is 0 Å². The van der Waals surface area contributed by atoms with E-state index in [4.69, 9.17) is 4.74 Å². The topological polar surface area (TPSA) is 67.0 Å². The Morgan fingerprint density at radius 3 is 3.18 bits per heavy atom. The minimum Gasteiger partial charge on any atom is -0.491 e. The number of nitrogens with zero attached hydrogens (tertiary/aromatic N) is 1. The molecule has 5 heteroatoms. The predicted molar refractivity (Wildman–Crippen MR) is 81.7 cm³/mol. The Hall–Kier alpha value is -2.30. The first-order valence-corrected chi connectivity index (χ1v) is 7.77. The van der Waals surface area contributed by atoms with Gasteiger partial charge in [-0.25, -0.2) is 4.98 Å². The number of hydrogen-bond donors (Lipinski definition) is 2. The molecule has 4 rings (SSSR count). The number of para-hydroxylation sites is 1. The van der Waals surface area contributed by atoms with E-state index in [1.807, 2.05) is 31.2 Å². The van der Waals surface area contributed by atoms with Crippen molar-refractivity contribution in [3.05, 3.63) is 47.0 Å². The maximum Gasteiger partial charge on any atom is 0.224 e. The van der Waals surface area contributed by atoms with Crippen LogP contribution in [-0.2, 0) is 17.6 Å². The number of carbonyl (C=O) groups excluding carboxylic acids is 1. The van der Waals surface area contributed by atoms with Crippen LogP contribution < -0.4 is 10.1 Å².